The fraction of sp³-hybridized carbons (Fsp3) is 0.846. The summed E-state index contributed by atoms with van der Waals surface area (Å²) in [5.41, 5.74) is 0. The summed E-state index contributed by atoms with van der Waals surface area (Å²) in [6.45, 7) is 10.1. The second-order valence-electron chi connectivity index (χ2n) is 4.37. The van der Waals surface area contributed by atoms with Crippen LogP contribution in [0.15, 0.2) is 12.7 Å². The maximum absolute atomic E-state index is 5.03. The van der Waals surface area contributed by atoms with E-state index < -0.39 is 0 Å². The molecule has 3 nitrogen and oxygen atoms in total. The van der Waals surface area contributed by atoms with Gasteiger partial charge in [0.15, 0.2) is 0 Å². The minimum Gasteiger partial charge on any atom is -0.385 e. The quantitative estimate of drug-likeness (QED) is 0.432. The van der Waals surface area contributed by atoms with Crippen LogP contribution in [0.3, 0.4) is 0 Å². The van der Waals surface area contributed by atoms with Crippen LogP contribution in [0.2, 0.25) is 0 Å². The van der Waals surface area contributed by atoms with Gasteiger partial charge in [-0.2, -0.15) is 0 Å². The summed E-state index contributed by atoms with van der Waals surface area (Å²) in [7, 11) is 3.91. The number of methoxy groups -OCH3 is 1. The fourth-order valence-corrected chi connectivity index (χ4v) is 1.56. The second kappa shape index (κ2) is 11.1. The molecule has 0 aromatic rings. The maximum Gasteiger partial charge on any atom is 0.0474 e. The average molecular weight is 228 g/mol. The summed E-state index contributed by atoms with van der Waals surface area (Å²) in [6, 6.07) is 0.588. The van der Waals surface area contributed by atoms with E-state index in [1.807, 2.05) is 6.08 Å². The van der Waals surface area contributed by atoms with E-state index in [-0.39, 0.29) is 0 Å². The molecule has 96 valence electrons. The fourth-order valence-electron chi connectivity index (χ4n) is 1.56. The van der Waals surface area contributed by atoms with Crippen molar-refractivity contribution in [2.75, 3.05) is 40.4 Å². The lowest BCUT2D eigenvalue weighted by molar-refractivity contribution is 0.179. The topological polar surface area (TPSA) is 24.5 Å². The zero-order chi connectivity index (χ0) is 12.2. The van der Waals surface area contributed by atoms with Crippen LogP contribution in [0.25, 0.3) is 0 Å². The standard InChI is InChI=1S/C13H28N2O/c1-5-6-8-13(2)14-9-11-15(3)10-7-12-16-4/h5,13-14H,1,6-12H2,2-4H3. The van der Waals surface area contributed by atoms with Gasteiger partial charge >= 0.3 is 0 Å². The zero-order valence-corrected chi connectivity index (χ0v) is 11.2. The van der Waals surface area contributed by atoms with Gasteiger partial charge in [0, 0.05) is 39.4 Å². The number of allylic oxidation sites excluding steroid dienone is 1. The molecule has 0 saturated carbocycles. The molecular formula is C13H28N2O. The number of nitrogens with one attached hydrogen (secondary N) is 1. The summed E-state index contributed by atoms with van der Waals surface area (Å²) in [5.74, 6) is 0. The first kappa shape index (κ1) is 15.6. The van der Waals surface area contributed by atoms with Gasteiger partial charge in [0.25, 0.3) is 0 Å². The van der Waals surface area contributed by atoms with Crippen molar-refractivity contribution in [2.45, 2.75) is 32.2 Å². The van der Waals surface area contributed by atoms with Crippen molar-refractivity contribution in [1.82, 2.24) is 10.2 Å². The van der Waals surface area contributed by atoms with Gasteiger partial charge in [-0.25, -0.2) is 0 Å². The summed E-state index contributed by atoms with van der Waals surface area (Å²) in [5, 5.41) is 3.52. The van der Waals surface area contributed by atoms with Crippen molar-refractivity contribution >= 4 is 0 Å². The van der Waals surface area contributed by atoms with E-state index in [4.69, 9.17) is 4.74 Å². The predicted molar refractivity (Wildman–Crippen MR) is 70.9 cm³/mol. The highest BCUT2D eigenvalue weighted by Crippen LogP contribution is 1.96. The Hall–Kier alpha value is -0.380. The molecule has 1 N–H and O–H groups in total. The number of nitrogens with zero attached hydrogens (tertiary/aromatic N) is 1. The Morgan fingerprint density at radius 1 is 1.44 bits per heavy atom. The molecule has 0 aromatic heterocycles. The highest BCUT2D eigenvalue weighted by atomic mass is 16.5. The van der Waals surface area contributed by atoms with Crippen molar-refractivity contribution < 1.29 is 4.74 Å². The van der Waals surface area contributed by atoms with Gasteiger partial charge in [-0.1, -0.05) is 6.08 Å². The van der Waals surface area contributed by atoms with E-state index in [0.29, 0.717) is 6.04 Å². The first-order valence-electron chi connectivity index (χ1n) is 6.22. The molecule has 3 heteroatoms. The molecule has 0 radical (unpaired) electrons. The molecule has 0 aliphatic carbocycles. The van der Waals surface area contributed by atoms with Crippen molar-refractivity contribution in [3.63, 3.8) is 0 Å². The third-order valence-corrected chi connectivity index (χ3v) is 2.68. The van der Waals surface area contributed by atoms with Crippen LogP contribution in [0.5, 0.6) is 0 Å². The Kier molecular flexibility index (Phi) is 10.9. The van der Waals surface area contributed by atoms with E-state index in [1.165, 1.54) is 6.42 Å². The van der Waals surface area contributed by atoms with Crippen molar-refractivity contribution in [2.24, 2.45) is 0 Å². The molecule has 0 bridgehead atoms. The molecular weight excluding hydrogens is 200 g/mol. The van der Waals surface area contributed by atoms with E-state index in [9.17, 15) is 0 Å². The highest BCUT2D eigenvalue weighted by Gasteiger charge is 2.01. The number of hydrogen-bond acceptors (Lipinski definition) is 3. The monoisotopic (exact) mass is 228 g/mol. The van der Waals surface area contributed by atoms with Crippen LogP contribution in [-0.4, -0.2) is 51.3 Å². The third-order valence-electron chi connectivity index (χ3n) is 2.68. The van der Waals surface area contributed by atoms with Crippen LogP contribution in [0, 0.1) is 0 Å². The van der Waals surface area contributed by atoms with Crippen molar-refractivity contribution in [3.8, 4) is 0 Å². The molecule has 1 unspecified atom stereocenters. The maximum atomic E-state index is 5.03. The van der Waals surface area contributed by atoms with E-state index in [0.717, 1.165) is 39.1 Å². The second-order valence-corrected chi connectivity index (χ2v) is 4.37. The van der Waals surface area contributed by atoms with Crippen molar-refractivity contribution in [1.29, 1.82) is 0 Å². The summed E-state index contributed by atoms with van der Waals surface area (Å²) in [4.78, 5) is 2.34. The minimum absolute atomic E-state index is 0.588. The lowest BCUT2D eigenvalue weighted by Crippen LogP contribution is -2.34. The Morgan fingerprint density at radius 2 is 2.19 bits per heavy atom. The minimum atomic E-state index is 0.588. The number of rotatable bonds is 11. The van der Waals surface area contributed by atoms with E-state index in [2.05, 4.69) is 30.8 Å². The average Bonchev–Trinajstić information content (AvgIpc) is 2.26. The van der Waals surface area contributed by atoms with Gasteiger partial charge in [0.05, 0.1) is 0 Å². The zero-order valence-electron chi connectivity index (χ0n) is 11.2. The molecule has 16 heavy (non-hydrogen) atoms. The molecule has 0 aromatic carbocycles. The van der Waals surface area contributed by atoms with Gasteiger partial charge in [0.1, 0.15) is 0 Å². The molecule has 1 atom stereocenters. The van der Waals surface area contributed by atoms with Gasteiger partial charge in [-0.05, 0) is 33.2 Å². The van der Waals surface area contributed by atoms with Gasteiger partial charge in [-0.3, -0.25) is 0 Å². The van der Waals surface area contributed by atoms with Crippen LogP contribution >= 0.6 is 0 Å². The van der Waals surface area contributed by atoms with E-state index >= 15 is 0 Å². The smallest absolute Gasteiger partial charge is 0.0474 e. The summed E-state index contributed by atoms with van der Waals surface area (Å²) in [6.07, 6.45) is 5.36. The number of ether oxygens (including phenoxy) is 1. The van der Waals surface area contributed by atoms with Crippen LogP contribution in [0.1, 0.15) is 26.2 Å². The molecule has 0 aliphatic heterocycles. The third kappa shape index (κ3) is 10.1. The summed E-state index contributed by atoms with van der Waals surface area (Å²) < 4.78 is 5.03. The largest absolute Gasteiger partial charge is 0.385 e. The predicted octanol–water partition coefficient (Wildman–Crippen LogP) is 1.90. The van der Waals surface area contributed by atoms with Crippen LogP contribution in [0.4, 0.5) is 0 Å². The molecule has 0 saturated heterocycles. The number of likely N-dealkylation sites (N-methyl/N-ethyl adjacent to an activating group) is 1. The number of hydrogen-bond donors (Lipinski definition) is 1. The first-order valence-corrected chi connectivity index (χ1v) is 6.22. The Bertz CT molecular complexity index is 162. The first-order chi connectivity index (χ1) is 7.70. The SMILES string of the molecule is C=CCCC(C)NCCN(C)CCCOC. The lowest BCUT2D eigenvalue weighted by atomic mass is 10.2. The molecule has 0 amide bonds. The lowest BCUT2D eigenvalue weighted by Gasteiger charge is -2.19. The van der Waals surface area contributed by atoms with Crippen LogP contribution in [-0.2, 0) is 4.74 Å². The summed E-state index contributed by atoms with van der Waals surface area (Å²) >= 11 is 0. The Balaban J connectivity index is 3.31. The molecule has 0 rings (SSSR count). The van der Waals surface area contributed by atoms with Crippen LogP contribution < -0.4 is 5.32 Å². The van der Waals surface area contributed by atoms with Gasteiger partial charge < -0.3 is 15.0 Å². The van der Waals surface area contributed by atoms with E-state index in [1.54, 1.807) is 7.11 Å². The highest BCUT2D eigenvalue weighted by molar-refractivity contribution is 4.71. The Labute approximate surface area is 101 Å². The molecule has 0 spiro atoms. The van der Waals surface area contributed by atoms with Gasteiger partial charge in [-0.15, -0.1) is 6.58 Å². The Morgan fingerprint density at radius 3 is 2.81 bits per heavy atom. The molecule has 0 aliphatic rings. The normalized spacial score (nSPS) is 13.0. The van der Waals surface area contributed by atoms with Gasteiger partial charge in [0.2, 0.25) is 0 Å². The van der Waals surface area contributed by atoms with Crippen molar-refractivity contribution in [3.05, 3.63) is 12.7 Å². The molecule has 0 fully saturated rings. The molecule has 0 heterocycles.